The summed E-state index contributed by atoms with van der Waals surface area (Å²) in [5.74, 6) is 0.133. The van der Waals surface area contributed by atoms with Crippen molar-refractivity contribution < 1.29 is 9.90 Å². The van der Waals surface area contributed by atoms with E-state index in [9.17, 15) is 9.90 Å². The lowest BCUT2D eigenvalue weighted by atomic mass is 9.94. The molecule has 0 saturated carbocycles. The van der Waals surface area contributed by atoms with Gasteiger partial charge in [0.05, 0.1) is 45.8 Å². The Bertz CT molecular complexity index is 1820. The molecule has 0 fully saturated rings. The molecule has 0 aromatic carbocycles. The summed E-state index contributed by atoms with van der Waals surface area (Å²) in [5, 5.41) is 12.0. The van der Waals surface area contributed by atoms with Crippen LogP contribution in [0.1, 0.15) is 91.3 Å². The molecule has 0 amide bonds. The zero-order valence-corrected chi connectivity index (χ0v) is 25.0. The highest BCUT2D eigenvalue weighted by Crippen LogP contribution is 2.44. The molecule has 0 atom stereocenters. The van der Waals surface area contributed by atoms with E-state index in [-0.39, 0.29) is 5.78 Å². The lowest BCUT2D eigenvalue weighted by Crippen LogP contribution is -2.26. The van der Waals surface area contributed by atoms with Gasteiger partial charge in [-0.15, -0.1) is 0 Å². The van der Waals surface area contributed by atoms with Crippen LogP contribution in [0.25, 0.3) is 18.4 Å². The summed E-state index contributed by atoms with van der Waals surface area (Å²) in [6, 6.07) is 0. The van der Waals surface area contributed by atoms with Gasteiger partial charge in [-0.2, -0.15) is 0 Å². The minimum atomic E-state index is 0.133. The molecule has 1 aromatic heterocycles. The Kier molecular flexibility index (Phi) is 6.88. The first-order valence-corrected chi connectivity index (χ1v) is 15.1. The van der Waals surface area contributed by atoms with Crippen molar-refractivity contribution in [1.82, 2.24) is 4.98 Å². The summed E-state index contributed by atoms with van der Waals surface area (Å²) in [4.78, 5) is 32.6. The molecule has 2 N–H and O–H groups in total. The Balaban J connectivity index is 1.75. The predicted molar refractivity (Wildman–Crippen MR) is 169 cm³/mol. The molecule has 1 aromatic rings. The SMILES string of the molecule is CCC1=C(CC)C2=NC1=CC1=NC3=C(CC(=O)C3=C1CC)C1=NC(=Cc3[nH]c(/c(=C\O)c3CC)=C2)C(CC)=C1CC. The summed E-state index contributed by atoms with van der Waals surface area (Å²) in [7, 11) is 0. The van der Waals surface area contributed by atoms with E-state index in [4.69, 9.17) is 15.0 Å². The number of aliphatic imine (C=N–C) groups is 3. The number of ketones is 1. The molecule has 5 aliphatic rings. The van der Waals surface area contributed by atoms with Crippen molar-refractivity contribution in [2.75, 3.05) is 0 Å². The van der Waals surface area contributed by atoms with Gasteiger partial charge in [-0.05, 0) is 90.2 Å². The van der Waals surface area contributed by atoms with E-state index < -0.39 is 0 Å². The van der Waals surface area contributed by atoms with Crippen LogP contribution in [0.5, 0.6) is 0 Å². The van der Waals surface area contributed by atoms with Crippen molar-refractivity contribution >= 4 is 41.3 Å². The van der Waals surface area contributed by atoms with Gasteiger partial charge in [0, 0.05) is 28.5 Å². The highest BCUT2D eigenvalue weighted by molar-refractivity contribution is 6.29. The van der Waals surface area contributed by atoms with Crippen LogP contribution in [0.4, 0.5) is 0 Å². The van der Waals surface area contributed by atoms with Gasteiger partial charge in [-0.25, -0.2) is 15.0 Å². The highest BCUT2D eigenvalue weighted by atomic mass is 16.2. The topological polar surface area (TPSA) is 90.2 Å². The van der Waals surface area contributed by atoms with E-state index in [0.717, 1.165) is 111 Å². The second-order valence-corrected chi connectivity index (χ2v) is 10.9. The minimum absolute atomic E-state index is 0.133. The van der Waals surface area contributed by atoms with Gasteiger partial charge in [-0.1, -0.05) is 41.5 Å². The maximum Gasteiger partial charge on any atom is 0.169 e. The Labute approximate surface area is 241 Å². The number of nitrogens with one attached hydrogen (secondary N) is 1. The quantitative estimate of drug-likeness (QED) is 0.431. The Hall–Kier alpha value is -4.06. The fraction of sp³-hybridized carbons (Fsp3) is 0.371. The number of carbonyl (C=O) groups is 1. The number of aliphatic hydroxyl groups excluding tert-OH is 1. The second-order valence-electron chi connectivity index (χ2n) is 10.9. The fourth-order valence-corrected chi connectivity index (χ4v) is 7.10. The van der Waals surface area contributed by atoms with Crippen molar-refractivity contribution in [1.29, 1.82) is 0 Å². The fourth-order valence-electron chi connectivity index (χ4n) is 7.10. The first kappa shape index (κ1) is 27.1. The summed E-state index contributed by atoms with van der Waals surface area (Å²) in [5.41, 5.74) is 14.8. The third-order valence-corrected chi connectivity index (χ3v) is 8.98. The molecule has 0 unspecified atom stereocenters. The highest BCUT2D eigenvalue weighted by Gasteiger charge is 2.39. The summed E-state index contributed by atoms with van der Waals surface area (Å²) in [6.45, 7) is 12.8. The number of allylic oxidation sites excluding steroid dienone is 8. The maximum atomic E-state index is 13.5. The number of Topliss-reactive ketones (excluding diaryl/α,β-unsaturated/α-hetero) is 1. The van der Waals surface area contributed by atoms with Crippen LogP contribution < -0.4 is 10.6 Å². The number of hydrogen-bond donors (Lipinski definition) is 2. The minimum Gasteiger partial charge on any atom is -0.515 e. The van der Waals surface area contributed by atoms with Crippen LogP contribution >= 0.6 is 0 Å². The lowest BCUT2D eigenvalue weighted by Gasteiger charge is -2.08. The Morgan fingerprint density at radius 1 is 0.756 bits per heavy atom. The van der Waals surface area contributed by atoms with E-state index in [2.05, 4.69) is 64.8 Å². The number of H-pyrrole nitrogens is 1. The molecule has 6 rings (SSSR count). The maximum absolute atomic E-state index is 13.5. The van der Waals surface area contributed by atoms with Gasteiger partial charge in [0.15, 0.2) is 5.78 Å². The van der Waals surface area contributed by atoms with Gasteiger partial charge in [-0.3, -0.25) is 4.79 Å². The van der Waals surface area contributed by atoms with Crippen LogP contribution in [-0.2, 0) is 11.2 Å². The molecule has 0 radical (unpaired) electrons. The number of aromatic nitrogens is 1. The number of aromatic amines is 1. The molecule has 1 aliphatic carbocycles. The van der Waals surface area contributed by atoms with Gasteiger partial charge >= 0.3 is 0 Å². The van der Waals surface area contributed by atoms with E-state index in [1.54, 1.807) is 0 Å². The van der Waals surface area contributed by atoms with E-state index >= 15 is 0 Å². The first-order valence-electron chi connectivity index (χ1n) is 15.1. The summed E-state index contributed by atoms with van der Waals surface area (Å²) in [6.07, 6.45) is 12.6. The number of aliphatic hydroxyl groups is 1. The zero-order valence-electron chi connectivity index (χ0n) is 25.0. The van der Waals surface area contributed by atoms with Crippen LogP contribution in [-0.4, -0.2) is 33.0 Å². The molecule has 0 spiro atoms. The van der Waals surface area contributed by atoms with Gasteiger partial charge < -0.3 is 10.1 Å². The van der Waals surface area contributed by atoms with E-state index in [1.807, 2.05) is 0 Å². The van der Waals surface area contributed by atoms with Crippen molar-refractivity contribution in [2.45, 2.75) is 86.5 Å². The second kappa shape index (κ2) is 10.4. The smallest absolute Gasteiger partial charge is 0.169 e. The van der Waals surface area contributed by atoms with Gasteiger partial charge in [0.1, 0.15) is 0 Å². The number of rotatable bonds is 6. The molecule has 0 saturated heterocycles. The van der Waals surface area contributed by atoms with E-state index in [1.165, 1.54) is 28.6 Å². The Morgan fingerprint density at radius 3 is 2.02 bits per heavy atom. The van der Waals surface area contributed by atoms with Gasteiger partial charge in [0.2, 0.25) is 0 Å². The number of nitrogens with zero attached hydrogens (tertiary/aromatic N) is 3. The molecule has 6 heteroatoms. The monoisotopic (exact) mass is 546 g/mol. The Morgan fingerprint density at radius 2 is 1.39 bits per heavy atom. The third kappa shape index (κ3) is 3.98. The first-order chi connectivity index (χ1) is 19.9. The zero-order chi connectivity index (χ0) is 29.0. The van der Waals surface area contributed by atoms with Crippen LogP contribution in [0, 0.1) is 0 Å². The van der Waals surface area contributed by atoms with Crippen LogP contribution in [0.15, 0.2) is 77.2 Å². The molecule has 210 valence electrons. The molecule has 4 aliphatic heterocycles. The summed E-state index contributed by atoms with van der Waals surface area (Å²) < 4.78 is 0. The van der Waals surface area contributed by atoms with Gasteiger partial charge in [0.25, 0.3) is 0 Å². The van der Waals surface area contributed by atoms with Crippen molar-refractivity contribution in [3.8, 4) is 0 Å². The molecule has 41 heavy (non-hydrogen) atoms. The molecule has 6 nitrogen and oxygen atoms in total. The van der Waals surface area contributed by atoms with Crippen LogP contribution in [0.2, 0.25) is 0 Å². The predicted octanol–water partition coefficient (Wildman–Crippen LogP) is 6.42. The largest absolute Gasteiger partial charge is 0.515 e. The van der Waals surface area contributed by atoms with Crippen molar-refractivity contribution in [3.05, 3.63) is 84.0 Å². The standard InChI is InChI=1S/C35H38N4O2/c1-7-18-19(8-2)27-16-31-25(17-40)21(10-4)28(37-31)14-29-20(9-3)22(11-5)34(38-29)24-13-32(41)33-23(12-6)30(39-35(24)33)15-26(18)36-27/h14-17,37,40H,7-13H2,1-6H3/b25-17-,26-15?,29-14?,31-16?. The summed E-state index contributed by atoms with van der Waals surface area (Å²) >= 11 is 0. The molecule has 8 bridgehead atoms. The average molecular weight is 547 g/mol. The van der Waals surface area contributed by atoms with Crippen molar-refractivity contribution in [3.63, 3.8) is 0 Å². The number of fused-ring (bicyclic) bond motifs is 5. The third-order valence-electron chi connectivity index (χ3n) is 8.98. The van der Waals surface area contributed by atoms with Crippen LogP contribution in [0.3, 0.4) is 0 Å². The van der Waals surface area contributed by atoms with E-state index in [0.29, 0.717) is 6.42 Å². The average Bonchev–Trinajstić information content (AvgIpc) is 3.75. The molecule has 5 heterocycles. The number of carbonyl (C=O) groups excluding carboxylic acids is 1. The lowest BCUT2D eigenvalue weighted by molar-refractivity contribution is -0.114. The molecular formula is C35H38N4O2. The number of hydrogen-bond acceptors (Lipinski definition) is 5. The molecular weight excluding hydrogens is 508 g/mol. The van der Waals surface area contributed by atoms with Crippen molar-refractivity contribution in [2.24, 2.45) is 15.0 Å². The normalized spacial score (nSPS) is 20.3.